The van der Waals surface area contributed by atoms with Crippen molar-refractivity contribution in [3.63, 3.8) is 0 Å². The molecule has 1 unspecified atom stereocenters. The highest BCUT2D eigenvalue weighted by molar-refractivity contribution is 5.84. The molecule has 1 saturated heterocycles. The summed E-state index contributed by atoms with van der Waals surface area (Å²) in [6.45, 7) is 0.648. The van der Waals surface area contributed by atoms with Crippen LogP contribution in [0.4, 0.5) is 0 Å². The summed E-state index contributed by atoms with van der Waals surface area (Å²) in [5, 5.41) is 0. The first-order valence-electron chi connectivity index (χ1n) is 6.31. The van der Waals surface area contributed by atoms with Crippen LogP contribution in [0.5, 0.6) is 0 Å². The molecular formula is C12H15N5O3. The molecular weight excluding hydrogens is 262 g/mol. The molecule has 2 aromatic heterocycles. The third kappa shape index (κ3) is 1.47. The second-order valence-electron chi connectivity index (χ2n) is 5.09. The van der Waals surface area contributed by atoms with E-state index in [0.29, 0.717) is 24.1 Å². The average molecular weight is 277 g/mol. The summed E-state index contributed by atoms with van der Waals surface area (Å²) >= 11 is 0. The second-order valence-corrected chi connectivity index (χ2v) is 5.09. The highest BCUT2D eigenvalue weighted by Gasteiger charge is 2.32. The van der Waals surface area contributed by atoms with Crippen LogP contribution in [0.2, 0.25) is 0 Å². The number of aromatic nitrogens is 4. The molecule has 0 aromatic carbocycles. The Bertz CT molecular complexity index is 828. The SMILES string of the molecule is CN1CCC(n2cnc3c2c(=O)n(C)c(=O)n3C)C1=O. The fourth-order valence-electron chi connectivity index (χ4n) is 2.66. The number of amides is 1. The largest absolute Gasteiger partial charge is 0.344 e. The zero-order chi connectivity index (χ0) is 14.6. The van der Waals surface area contributed by atoms with Gasteiger partial charge in [0.25, 0.3) is 5.56 Å². The van der Waals surface area contributed by atoms with Crippen LogP contribution in [0.25, 0.3) is 11.2 Å². The van der Waals surface area contributed by atoms with Crippen LogP contribution in [0.15, 0.2) is 15.9 Å². The van der Waals surface area contributed by atoms with Crippen molar-refractivity contribution >= 4 is 17.1 Å². The maximum atomic E-state index is 12.3. The Balaban J connectivity index is 2.33. The molecule has 0 radical (unpaired) electrons. The molecule has 0 spiro atoms. The minimum absolute atomic E-state index is 0.0415. The van der Waals surface area contributed by atoms with Crippen molar-refractivity contribution in [1.82, 2.24) is 23.6 Å². The molecule has 3 rings (SSSR count). The summed E-state index contributed by atoms with van der Waals surface area (Å²) in [6.07, 6.45) is 2.10. The first kappa shape index (κ1) is 12.6. The molecule has 1 amide bonds. The van der Waals surface area contributed by atoms with Gasteiger partial charge in [0, 0.05) is 27.7 Å². The van der Waals surface area contributed by atoms with E-state index in [4.69, 9.17) is 0 Å². The quantitative estimate of drug-likeness (QED) is 0.658. The van der Waals surface area contributed by atoms with Crippen LogP contribution >= 0.6 is 0 Å². The Labute approximate surface area is 113 Å². The first-order chi connectivity index (χ1) is 9.43. The minimum Gasteiger partial charge on any atom is -0.344 e. The maximum Gasteiger partial charge on any atom is 0.332 e. The van der Waals surface area contributed by atoms with Gasteiger partial charge in [-0.25, -0.2) is 9.78 Å². The van der Waals surface area contributed by atoms with E-state index in [1.54, 1.807) is 23.6 Å². The Hall–Kier alpha value is -2.38. The standard InChI is InChI=1S/C12H15N5O3/c1-14-5-4-7(10(14)18)17-6-13-9-8(17)11(19)16(3)12(20)15(9)2/h6-7H,4-5H2,1-3H3. The number of hydrogen-bond donors (Lipinski definition) is 0. The van der Waals surface area contributed by atoms with Crippen LogP contribution in [0.3, 0.4) is 0 Å². The highest BCUT2D eigenvalue weighted by Crippen LogP contribution is 2.24. The topological polar surface area (TPSA) is 82.1 Å². The summed E-state index contributed by atoms with van der Waals surface area (Å²) in [6, 6.07) is -0.421. The Morgan fingerprint density at radius 3 is 2.45 bits per heavy atom. The van der Waals surface area contributed by atoms with Gasteiger partial charge in [-0.05, 0) is 6.42 Å². The maximum absolute atomic E-state index is 12.3. The van der Waals surface area contributed by atoms with E-state index in [0.717, 1.165) is 4.57 Å². The third-order valence-electron chi connectivity index (χ3n) is 3.91. The fraction of sp³-hybridized carbons (Fsp3) is 0.500. The van der Waals surface area contributed by atoms with Gasteiger partial charge in [-0.15, -0.1) is 0 Å². The number of imidazole rings is 1. The molecule has 1 fully saturated rings. The molecule has 0 saturated carbocycles. The van der Waals surface area contributed by atoms with Gasteiger partial charge in [-0.3, -0.25) is 18.7 Å². The van der Waals surface area contributed by atoms with Crippen molar-refractivity contribution in [2.24, 2.45) is 14.1 Å². The van der Waals surface area contributed by atoms with Crippen molar-refractivity contribution in [2.75, 3.05) is 13.6 Å². The smallest absolute Gasteiger partial charge is 0.332 e. The van der Waals surface area contributed by atoms with Crippen LogP contribution < -0.4 is 11.2 Å². The Kier molecular flexibility index (Phi) is 2.56. The van der Waals surface area contributed by atoms with Crippen LogP contribution in [0, 0.1) is 0 Å². The number of carbonyl (C=O) groups excluding carboxylic acids is 1. The molecule has 2 aromatic rings. The zero-order valence-corrected chi connectivity index (χ0v) is 11.5. The molecule has 0 aliphatic carbocycles. The third-order valence-corrected chi connectivity index (χ3v) is 3.91. The van der Waals surface area contributed by atoms with Gasteiger partial charge in [0.15, 0.2) is 11.2 Å². The molecule has 1 atom stereocenters. The minimum atomic E-state index is -0.428. The van der Waals surface area contributed by atoms with Gasteiger partial charge in [0.1, 0.15) is 6.04 Å². The summed E-state index contributed by atoms with van der Waals surface area (Å²) in [5.41, 5.74) is -0.255. The second kappa shape index (κ2) is 4.06. The Morgan fingerprint density at radius 1 is 1.15 bits per heavy atom. The molecule has 106 valence electrons. The molecule has 8 heteroatoms. The van der Waals surface area contributed by atoms with E-state index in [1.165, 1.54) is 17.9 Å². The van der Waals surface area contributed by atoms with E-state index in [2.05, 4.69) is 4.98 Å². The molecule has 20 heavy (non-hydrogen) atoms. The molecule has 0 bridgehead atoms. The number of hydrogen-bond acceptors (Lipinski definition) is 4. The van der Waals surface area contributed by atoms with Crippen molar-refractivity contribution < 1.29 is 4.79 Å². The monoisotopic (exact) mass is 277 g/mol. The van der Waals surface area contributed by atoms with Crippen LogP contribution in [-0.4, -0.2) is 43.1 Å². The lowest BCUT2D eigenvalue weighted by Gasteiger charge is -2.12. The molecule has 1 aliphatic rings. The van der Waals surface area contributed by atoms with Gasteiger partial charge >= 0.3 is 5.69 Å². The highest BCUT2D eigenvalue weighted by atomic mass is 16.2. The van der Waals surface area contributed by atoms with E-state index in [1.807, 2.05) is 0 Å². The van der Waals surface area contributed by atoms with Crippen molar-refractivity contribution in [1.29, 1.82) is 0 Å². The van der Waals surface area contributed by atoms with Gasteiger partial charge in [-0.2, -0.15) is 0 Å². The lowest BCUT2D eigenvalue weighted by Crippen LogP contribution is -2.38. The number of likely N-dealkylation sites (tertiary alicyclic amines) is 1. The number of nitrogens with zero attached hydrogens (tertiary/aromatic N) is 5. The Morgan fingerprint density at radius 2 is 1.85 bits per heavy atom. The molecule has 3 heterocycles. The number of carbonyl (C=O) groups is 1. The fourth-order valence-corrected chi connectivity index (χ4v) is 2.66. The number of likely N-dealkylation sites (N-methyl/N-ethyl adjacent to an activating group) is 1. The normalized spacial score (nSPS) is 19.2. The molecule has 0 N–H and O–H groups in total. The lowest BCUT2D eigenvalue weighted by molar-refractivity contribution is -0.129. The number of fused-ring (bicyclic) bond motifs is 1. The average Bonchev–Trinajstić information content (AvgIpc) is 2.99. The summed E-state index contributed by atoms with van der Waals surface area (Å²) in [4.78, 5) is 42.0. The number of aryl methyl sites for hydroxylation is 1. The van der Waals surface area contributed by atoms with Crippen molar-refractivity contribution in [2.45, 2.75) is 12.5 Å². The van der Waals surface area contributed by atoms with Crippen molar-refractivity contribution in [3.05, 3.63) is 27.2 Å². The number of rotatable bonds is 1. The van der Waals surface area contributed by atoms with E-state index >= 15 is 0 Å². The van der Waals surface area contributed by atoms with E-state index in [-0.39, 0.29) is 5.91 Å². The first-order valence-corrected chi connectivity index (χ1v) is 6.31. The van der Waals surface area contributed by atoms with Gasteiger partial charge in [0.2, 0.25) is 5.91 Å². The van der Waals surface area contributed by atoms with Crippen LogP contribution in [0.1, 0.15) is 12.5 Å². The molecule has 1 aliphatic heterocycles. The summed E-state index contributed by atoms with van der Waals surface area (Å²) < 4.78 is 3.93. The van der Waals surface area contributed by atoms with Gasteiger partial charge in [-0.1, -0.05) is 0 Å². The van der Waals surface area contributed by atoms with Crippen molar-refractivity contribution in [3.8, 4) is 0 Å². The van der Waals surface area contributed by atoms with Crippen LogP contribution in [-0.2, 0) is 18.9 Å². The van der Waals surface area contributed by atoms with Gasteiger partial charge < -0.3 is 9.47 Å². The van der Waals surface area contributed by atoms with E-state index < -0.39 is 17.3 Å². The lowest BCUT2D eigenvalue weighted by atomic mass is 10.2. The molecule has 8 nitrogen and oxygen atoms in total. The van der Waals surface area contributed by atoms with E-state index in [9.17, 15) is 14.4 Å². The predicted molar refractivity (Wildman–Crippen MR) is 71.5 cm³/mol. The zero-order valence-electron chi connectivity index (χ0n) is 11.5. The van der Waals surface area contributed by atoms with Gasteiger partial charge in [0.05, 0.1) is 6.33 Å². The summed E-state index contributed by atoms with van der Waals surface area (Å²) in [5.74, 6) is -0.0415. The predicted octanol–water partition coefficient (Wildman–Crippen LogP) is -1.16. The summed E-state index contributed by atoms with van der Waals surface area (Å²) in [7, 11) is 4.71.